The molecule has 7 heteroatoms. The first kappa shape index (κ1) is 25.7. The maximum Gasteiger partial charge on any atom is 0.301 e. The Labute approximate surface area is 226 Å². The summed E-state index contributed by atoms with van der Waals surface area (Å²) in [4.78, 5) is 33.2. The van der Waals surface area contributed by atoms with Gasteiger partial charge < -0.3 is 9.84 Å². The number of anilines is 1. The van der Waals surface area contributed by atoms with Crippen LogP contribution < -0.4 is 9.64 Å². The van der Waals surface area contributed by atoms with Crippen LogP contribution in [0.15, 0.2) is 72.3 Å². The quantitative estimate of drug-likeness (QED) is 0.157. The maximum atomic E-state index is 13.5. The first-order valence-electron chi connectivity index (χ1n) is 12.8. The number of aromatic nitrogens is 1. The molecule has 3 aromatic carbocycles. The number of ketones is 1. The van der Waals surface area contributed by atoms with Crippen molar-refractivity contribution in [1.29, 1.82) is 0 Å². The van der Waals surface area contributed by atoms with Crippen molar-refractivity contribution in [2.24, 2.45) is 0 Å². The number of rotatable bonds is 7. The fourth-order valence-corrected chi connectivity index (χ4v) is 5.70. The lowest BCUT2D eigenvalue weighted by molar-refractivity contribution is -0.132. The number of amides is 1. The zero-order valence-corrected chi connectivity index (χ0v) is 22.7. The van der Waals surface area contributed by atoms with Gasteiger partial charge in [0.25, 0.3) is 5.78 Å². The third-order valence-corrected chi connectivity index (χ3v) is 7.69. The van der Waals surface area contributed by atoms with Gasteiger partial charge in [-0.15, -0.1) is 0 Å². The number of nitrogens with zero attached hydrogens (tertiary/aromatic N) is 2. The van der Waals surface area contributed by atoms with Gasteiger partial charge >= 0.3 is 5.91 Å². The van der Waals surface area contributed by atoms with Crippen LogP contribution in [0.5, 0.6) is 5.75 Å². The topological polar surface area (TPSA) is 79.7 Å². The Hall–Kier alpha value is -3.97. The molecule has 1 fully saturated rings. The second kappa shape index (κ2) is 10.4. The van der Waals surface area contributed by atoms with E-state index in [1.165, 1.54) is 21.8 Å². The molecule has 194 valence electrons. The number of hydrogen-bond acceptors (Lipinski definition) is 6. The number of aryl methyl sites for hydroxylation is 1. The Kier molecular flexibility index (Phi) is 7.04. The molecule has 1 aliphatic heterocycles. The van der Waals surface area contributed by atoms with E-state index in [0.717, 1.165) is 27.8 Å². The minimum atomic E-state index is -0.809. The van der Waals surface area contributed by atoms with E-state index in [2.05, 4.69) is 19.9 Å². The Morgan fingerprint density at radius 2 is 1.84 bits per heavy atom. The average Bonchev–Trinajstić information content (AvgIpc) is 3.45. The molecule has 1 N–H and O–H groups in total. The zero-order chi connectivity index (χ0) is 27.0. The number of aliphatic hydroxyl groups excluding tert-OH is 1. The molecule has 5 rings (SSSR count). The van der Waals surface area contributed by atoms with E-state index in [0.29, 0.717) is 29.0 Å². The zero-order valence-electron chi connectivity index (χ0n) is 21.9. The standard InChI is InChI=1S/C31H30N2O4S/c1-5-15-37-23-12-9-20(10-13-23)28(34)26-27(22-8-6-7-19(4)16-22)33(30(36)29(26)35)31-32-24-14-11-21(18(2)3)17-25(24)38-31/h6-14,16-18,27,34H,5,15H2,1-4H3/b28-26+. The van der Waals surface area contributed by atoms with Gasteiger partial charge in [-0.2, -0.15) is 0 Å². The molecule has 4 aromatic rings. The van der Waals surface area contributed by atoms with Crippen LogP contribution in [-0.2, 0) is 9.59 Å². The van der Waals surface area contributed by atoms with Crippen molar-refractivity contribution in [3.8, 4) is 5.75 Å². The number of benzene rings is 3. The lowest BCUT2D eigenvalue weighted by Gasteiger charge is -2.23. The molecule has 0 radical (unpaired) electrons. The minimum absolute atomic E-state index is 0.0463. The Balaban J connectivity index is 1.64. The lowest BCUT2D eigenvalue weighted by Crippen LogP contribution is -2.29. The Bertz CT molecular complexity index is 1550. The number of carbonyl (C=O) groups excluding carboxylic acids is 2. The molecule has 0 aliphatic carbocycles. The summed E-state index contributed by atoms with van der Waals surface area (Å²) in [6.45, 7) is 8.82. The SMILES string of the molecule is CCCOc1ccc(/C(O)=C2\C(=O)C(=O)N(c3nc4ccc(C(C)C)cc4s3)C2c2cccc(C)c2)cc1. The molecular weight excluding hydrogens is 496 g/mol. The summed E-state index contributed by atoms with van der Waals surface area (Å²) in [5, 5.41) is 11.8. The van der Waals surface area contributed by atoms with Crippen LogP contribution >= 0.6 is 11.3 Å². The molecular formula is C31H30N2O4S. The Morgan fingerprint density at radius 1 is 1.08 bits per heavy atom. The third kappa shape index (κ3) is 4.70. The number of aliphatic hydroxyl groups is 1. The van der Waals surface area contributed by atoms with Crippen LogP contribution in [0, 0.1) is 6.92 Å². The first-order chi connectivity index (χ1) is 18.3. The summed E-state index contributed by atoms with van der Waals surface area (Å²) in [6.07, 6.45) is 0.881. The van der Waals surface area contributed by atoms with Gasteiger partial charge in [-0.05, 0) is 66.8 Å². The fourth-order valence-electron chi connectivity index (χ4n) is 4.66. The highest BCUT2D eigenvalue weighted by Crippen LogP contribution is 2.44. The highest BCUT2D eigenvalue weighted by atomic mass is 32.1. The largest absolute Gasteiger partial charge is 0.507 e. The molecule has 0 bridgehead atoms. The summed E-state index contributed by atoms with van der Waals surface area (Å²) in [6, 6.07) is 19.8. The second-order valence-electron chi connectivity index (χ2n) is 9.83. The fraction of sp³-hybridized carbons (Fsp3) is 0.258. The summed E-state index contributed by atoms with van der Waals surface area (Å²) >= 11 is 1.37. The van der Waals surface area contributed by atoms with Gasteiger partial charge in [-0.3, -0.25) is 14.5 Å². The molecule has 0 spiro atoms. The molecule has 1 unspecified atom stereocenters. The van der Waals surface area contributed by atoms with E-state index in [4.69, 9.17) is 9.72 Å². The maximum absolute atomic E-state index is 13.5. The predicted octanol–water partition coefficient (Wildman–Crippen LogP) is 7.14. The smallest absolute Gasteiger partial charge is 0.301 e. The van der Waals surface area contributed by atoms with Crippen molar-refractivity contribution in [1.82, 2.24) is 4.98 Å². The number of hydrogen-bond donors (Lipinski definition) is 1. The number of thiazole rings is 1. The molecule has 1 amide bonds. The number of Topliss-reactive ketones (excluding diaryl/α,β-unsaturated/α-hetero) is 1. The Morgan fingerprint density at radius 3 is 2.53 bits per heavy atom. The first-order valence-corrected chi connectivity index (χ1v) is 13.6. The van der Waals surface area contributed by atoms with Gasteiger partial charge in [0.2, 0.25) is 0 Å². The highest BCUT2D eigenvalue weighted by Gasteiger charge is 2.48. The number of fused-ring (bicyclic) bond motifs is 1. The van der Waals surface area contributed by atoms with E-state index >= 15 is 0 Å². The van der Waals surface area contributed by atoms with Crippen LogP contribution in [0.4, 0.5) is 5.13 Å². The normalized spacial score (nSPS) is 17.1. The number of ether oxygens (including phenoxy) is 1. The second-order valence-corrected chi connectivity index (χ2v) is 10.8. The molecule has 1 aliphatic rings. The van der Waals surface area contributed by atoms with Gasteiger partial charge in [0.1, 0.15) is 11.5 Å². The van der Waals surface area contributed by atoms with Gasteiger partial charge in [0.05, 0.1) is 28.4 Å². The van der Waals surface area contributed by atoms with Crippen LogP contribution in [0.2, 0.25) is 0 Å². The van der Waals surface area contributed by atoms with E-state index in [1.54, 1.807) is 24.3 Å². The van der Waals surface area contributed by atoms with Crippen molar-refractivity contribution in [3.63, 3.8) is 0 Å². The van der Waals surface area contributed by atoms with E-state index in [-0.39, 0.29) is 11.3 Å². The molecule has 38 heavy (non-hydrogen) atoms. The van der Waals surface area contributed by atoms with Crippen molar-refractivity contribution in [3.05, 3.63) is 94.6 Å². The summed E-state index contributed by atoms with van der Waals surface area (Å²) < 4.78 is 6.59. The van der Waals surface area contributed by atoms with Crippen LogP contribution in [0.25, 0.3) is 16.0 Å². The van der Waals surface area contributed by atoms with Crippen molar-refractivity contribution in [2.45, 2.75) is 46.1 Å². The molecule has 2 heterocycles. The van der Waals surface area contributed by atoms with E-state index < -0.39 is 17.7 Å². The summed E-state index contributed by atoms with van der Waals surface area (Å²) in [5.74, 6) is -0.631. The predicted molar refractivity (Wildman–Crippen MR) is 152 cm³/mol. The van der Waals surface area contributed by atoms with Crippen molar-refractivity contribution < 1.29 is 19.4 Å². The van der Waals surface area contributed by atoms with E-state index in [1.807, 2.05) is 50.2 Å². The number of carbonyl (C=O) groups is 2. The van der Waals surface area contributed by atoms with Gasteiger partial charge in [0, 0.05) is 5.56 Å². The van der Waals surface area contributed by atoms with Gasteiger partial charge in [-0.25, -0.2) is 4.98 Å². The monoisotopic (exact) mass is 526 g/mol. The van der Waals surface area contributed by atoms with Crippen LogP contribution in [0.3, 0.4) is 0 Å². The molecule has 1 atom stereocenters. The molecule has 1 saturated heterocycles. The molecule has 1 aromatic heterocycles. The minimum Gasteiger partial charge on any atom is -0.507 e. The lowest BCUT2D eigenvalue weighted by atomic mass is 9.94. The van der Waals surface area contributed by atoms with E-state index in [9.17, 15) is 14.7 Å². The molecule has 6 nitrogen and oxygen atoms in total. The highest BCUT2D eigenvalue weighted by molar-refractivity contribution is 7.22. The summed E-state index contributed by atoms with van der Waals surface area (Å²) in [7, 11) is 0. The van der Waals surface area contributed by atoms with Crippen LogP contribution in [-0.4, -0.2) is 28.4 Å². The summed E-state index contributed by atoms with van der Waals surface area (Å²) in [5.41, 5.74) is 4.14. The van der Waals surface area contributed by atoms with Gasteiger partial charge in [0.15, 0.2) is 5.13 Å². The van der Waals surface area contributed by atoms with Crippen LogP contribution in [0.1, 0.15) is 61.4 Å². The van der Waals surface area contributed by atoms with Gasteiger partial charge in [-0.1, -0.05) is 68.0 Å². The van der Waals surface area contributed by atoms with Crippen molar-refractivity contribution in [2.75, 3.05) is 11.5 Å². The van der Waals surface area contributed by atoms with Crippen molar-refractivity contribution >= 4 is 44.1 Å². The third-order valence-electron chi connectivity index (χ3n) is 6.68. The average molecular weight is 527 g/mol. The molecule has 0 saturated carbocycles.